The summed E-state index contributed by atoms with van der Waals surface area (Å²) in [6.07, 6.45) is 0.483. The quantitative estimate of drug-likeness (QED) is 0.421. The topological polar surface area (TPSA) is 72.7 Å². The van der Waals surface area contributed by atoms with E-state index in [1.165, 1.54) is 12.1 Å². The van der Waals surface area contributed by atoms with Gasteiger partial charge in [0.1, 0.15) is 5.75 Å². The molecule has 3 rings (SSSR count). The van der Waals surface area contributed by atoms with Crippen LogP contribution in [0.2, 0.25) is 0 Å². The van der Waals surface area contributed by atoms with Gasteiger partial charge in [0.15, 0.2) is 6.61 Å². The second kappa shape index (κ2) is 9.14. The van der Waals surface area contributed by atoms with E-state index >= 15 is 0 Å². The van der Waals surface area contributed by atoms with Gasteiger partial charge in [-0.05, 0) is 23.1 Å². The van der Waals surface area contributed by atoms with Gasteiger partial charge in [-0.2, -0.15) is 0 Å². The van der Waals surface area contributed by atoms with E-state index in [0.717, 1.165) is 10.4 Å². The van der Waals surface area contributed by atoms with Crippen LogP contribution in [0.25, 0.3) is 0 Å². The fraction of sp³-hybridized carbons (Fsp3) is 0.190. The first-order valence-corrected chi connectivity index (χ1v) is 9.61. The molecule has 3 aromatic rings. The van der Waals surface area contributed by atoms with Gasteiger partial charge < -0.3 is 9.64 Å². The van der Waals surface area contributed by atoms with E-state index in [4.69, 9.17) is 4.74 Å². The Kier molecular flexibility index (Phi) is 6.39. The first-order valence-electron chi connectivity index (χ1n) is 8.73. The Bertz CT molecular complexity index is 942. The summed E-state index contributed by atoms with van der Waals surface area (Å²) < 4.78 is 5.74. The molecule has 6 nitrogen and oxygen atoms in total. The van der Waals surface area contributed by atoms with E-state index in [0.29, 0.717) is 24.3 Å². The smallest absolute Gasteiger partial charge is 0.269 e. The fourth-order valence-corrected chi connectivity index (χ4v) is 3.51. The largest absolute Gasteiger partial charge is 0.483 e. The number of nitrogens with zero attached hydrogens (tertiary/aromatic N) is 2. The standard InChI is InChI=1S/C21H20N2O4S/c1-22(14-19-8-5-11-28-19)21(24)15-27-20-10-9-18(23(25)26)13-17(20)12-16-6-3-2-4-7-16/h2-11,13H,12,14-15H2,1H3. The summed E-state index contributed by atoms with van der Waals surface area (Å²) in [7, 11) is 1.73. The monoisotopic (exact) mass is 396 g/mol. The van der Waals surface area contributed by atoms with Gasteiger partial charge in [0.05, 0.1) is 11.5 Å². The van der Waals surface area contributed by atoms with Crippen molar-refractivity contribution in [2.75, 3.05) is 13.7 Å². The molecular weight excluding hydrogens is 376 g/mol. The van der Waals surface area contributed by atoms with Crippen molar-refractivity contribution in [2.24, 2.45) is 0 Å². The number of hydrogen-bond acceptors (Lipinski definition) is 5. The van der Waals surface area contributed by atoms with E-state index < -0.39 is 4.92 Å². The summed E-state index contributed by atoms with van der Waals surface area (Å²) in [6, 6.07) is 18.0. The minimum absolute atomic E-state index is 0.000536. The molecule has 0 radical (unpaired) electrons. The lowest BCUT2D eigenvalue weighted by molar-refractivity contribution is -0.384. The van der Waals surface area contributed by atoms with Gasteiger partial charge in [-0.3, -0.25) is 14.9 Å². The Morgan fingerprint density at radius 1 is 1.14 bits per heavy atom. The summed E-state index contributed by atoms with van der Waals surface area (Å²) in [5.41, 5.74) is 1.68. The fourth-order valence-electron chi connectivity index (χ4n) is 2.75. The Morgan fingerprint density at radius 2 is 1.93 bits per heavy atom. The second-order valence-corrected chi connectivity index (χ2v) is 7.36. The van der Waals surface area contributed by atoms with E-state index in [2.05, 4.69) is 0 Å². The highest BCUT2D eigenvalue weighted by molar-refractivity contribution is 7.09. The van der Waals surface area contributed by atoms with Crippen molar-refractivity contribution in [2.45, 2.75) is 13.0 Å². The lowest BCUT2D eigenvalue weighted by atomic mass is 10.0. The van der Waals surface area contributed by atoms with Crippen LogP contribution in [0, 0.1) is 10.1 Å². The normalized spacial score (nSPS) is 10.5. The predicted octanol–water partition coefficient (Wildman–Crippen LogP) is 4.28. The number of ether oxygens (including phenoxy) is 1. The summed E-state index contributed by atoms with van der Waals surface area (Å²) >= 11 is 1.59. The molecule has 7 heteroatoms. The van der Waals surface area contributed by atoms with Crippen molar-refractivity contribution in [3.63, 3.8) is 0 Å². The van der Waals surface area contributed by atoms with Crippen molar-refractivity contribution in [1.82, 2.24) is 4.90 Å². The zero-order valence-corrected chi connectivity index (χ0v) is 16.2. The molecule has 144 valence electrons. The van der Waals surface area contributed by atoms with Crippen LogP contribution in [-0.2, 0) is 17.8 Å². The number of nitro benzene ring substituents is 1. The summed E-state index contributed by atoms with van der Waals surface area (Å²) in [4.78, 5) is 25.8. The second-order valence-electron chi connectivity index (χ2n) is 6.33. The molecule has 0 fully saturated rings. The molecule has 28 heavy (non-hydrogen) atoms. The summed E-state index contributed by atoms with van der Waals surface area (Å²) in [6.45, 7) is 0.401. The molecule has 0 unspecified atom stereocenters. The van der Waals surface area contributed by atoms with Gasteiger partial charge in [0.2, 0.25) is 0 Å². The molecule has 0 aliphatic heterocycles. The van der Waals surface area contributed by atoms with Crippen LogP contribution in [0.3, 0.4) is 0 Å². The highest BCUT2D eigenvalue weighted by Gasteiger charge is 2.15. The van der Waals surface area contributed by atoms with E-state index in [-0.39, 0.29) is 18.2 Å². The van der Waals surface area contributed by atoms with Gasteiger partial charge in [-0.25, -0.2) is 0 Å². The van der Waals surface area contributed by atoms with Gasteiger partial charge in [0.25, 0.3) is 11.6 Å². The maximum absolute atomic E-state index is 12.4. The molecule has 2 aromatic carbocycles. The number of non-ortho nitro benzene ring substituents is 1. The molecule has 0 aliphatic rings. The number of carbonyl (C=O) groups is 1. The third-order valence-electron chi connectivity index (χ3n) is 4.24. The SMILES string of the molecule is CN(Cc1cccs1)C(=O)COc1ccc([N+](=O)[O-])cc1Cc1ccccc1. The number of amides is 1. The number of carbonyl (C=O) groups excluding carboxylic acids is 1. The van der Waals surface area contributed by atoms with Crippen LogP contribution < -0.4 is 4.74 Å². The van der Waals surface area contributed by atoms with Crippen molar-refractivity contribution in [3.05, 3.63) is 92.2 Å². The minimum Gasteiger partial charge on any atom is -0.483 e. The molecule has 1 aromatic heterocycles. The molecule has 0 aliphatic carbocycles. The molecule has 0 atom stereocenters. The van der Waals surface area contributed by atoms with Crippen LogP contribution in [-0.4, -0.2) is 29.4 Å². The Balaban J connectivity index is 1.71. The number of hydrogen-bond donors (Lipinski definition) is 0. The predicted molar refractivity (Wildman–Crippen MR) is 109 cm³/mol. The van der Waals surface area contributed by atoms with Crippen LogP contribution in [0.1, 0.15) is 16.0 Å². The Hall–Kier alpha value is -3.19. The lowest BCUT2D eigenvalue weighted by Gasteiger charge is -2.17. The number of likely N-dealkylation sites (N-methyl/N-ethyl adjacent to an activating group) is 1. The summed E-state index contributed by atoms with van der Waals surface area (Å²) in [5, 5.41) is 13.1. The number of rotatable bonds is 8. The number of benzene rings is 2. The van der Waals surface area contributed by atoms with Crippen molar-refractivity contribution in [1.29, 1.82) is 0 Å². The van der Waals surface area contributed by atoms with Crippen LogP contribution in [0.15, 0.2) is 66.0 Å². The number of nitro groups is 1. The first kappa shape index (κ1) is 19.6. The molecule has 0 saturated carbocycles. The van der Waals surface area contributed by atoms with Crippen molar-refractivity contribution in [3.8, 4) is 5.75 Å². The highest BCUT2D eigenvalue weighted by Crippen LogP contribution is 2.27. The molecule has 0 N–H and O–H groups in total. The highest BCUT2D eigenvalue weighted by atomic mass is 32.1. The average Bonchev–Trinajstić information content (AvgIpc) is 3.20. The molecular formula is C21H20N2O4S. The maximum atomic E-state index is 12.4. The van der Waals surface area contributed by atoms with E-state index in [1.807, 2.05) is 47.8 Å². The van der Waals surface area contributed by atoms with Gasteiger partial charge in [0, 0.05) is 36.0 Å². The van der Waals surface area contributed by atoms with Crippen LogP contribution in [0.4, 0.5) is 5.69 Å². The van der Waals surface area contributed by atoms with Crippen molar-refractivity contribution >= 4 is 22.9 Å². The van der Waals surface area contributed by atoms with Gasteiger partial charge in [-0.15, -0.1) is 11.3 Å². The third kappa shape index (κ3) is 5.17. The van der Waals surface area contributed by atoms with Gasteiger partial charge >= 0.3 is 0 Å². The molecule has 1 heterocycles. The van der Waals surface area contributed by atoms with Gasteiger partial charge in [-0.1, -0.05) is 36.4 Å². The molecule has 0 spiro atoms. The van der Waals surface area contributed by atoms with Crippen molar-refractivity contribution < 1.29 is 14.5 Å². The Morgan fingerprint density at radius 3 is 2.61 bits per heavy atom. The molecule has 0 saturated heterocycles. The molecule has 0 bridgehead atoms. The minimum atomic E-state index is -0.432. The van der Waals surface area contributed by atoms with Crippen LogP contribution >= 0.6 is 11.3 Å². The molecule has 1 amide bonds. The van der Waals surface area contributed by atoms with E-state index in [1.54, 1.807) is 29.4 Å². The zero-order valence-electron chi connectivity index (χ0n) is 15.4. The lowest BCUT2D eigenvalue weighted by Crippen LogP contribution is -2.30. The average molecular weight is 396 g/mol. The van der Waals surface area contributed by atoms with Crippen LogP contribution in [0.5, 0.6) is 5.75 Å². The zero-order chi connectivity index (χ0) is 19.9. The van der Waals surface area contributed by atoms with E-state index in [9.17, 15) is 14.9 Å². The maximum Gasteiger partial charge on any atom is 0.269 e. The Labute approximate surface area is 167 Å². The number of thiophene rings is 1. The summed E-state index contributed by atoms with van der Waals surface area (Å²) in [5.74, 6) is 0.324. The first-order chi connectivity index (χ1) is 13.5. The third-order valence-corrected chi connectivity index (χ3v) is 5.10.